The molecule has 2 heterocycles. The van der Waals surface area contributed by atoms with Crippen molar-refractivity contribution in [1.29, 1.82) is 0 Å². The van der Waals surface area contributed by atoms with Crippen LogP contribution in [0.4, 0.5) is 5.13 Å². The lowest BCUT2D eigenvalue weighted by Crippen LogP contribution is -2.33. The Kier molecular flexibility index (Phi) is 7.59. The summed E-state index contributed by atoms with van der Waals surface area (Å²) in [4.78, 5) is 29.7. The number of aromatic nitrogens is 4. The lowest BCUT2D eigenvalue weighted by atomic mass is 10.0. The van der Waals surface area contributed by atoms with Crippen molar-refractivity contribution in [2.45, 2.75) is 38.5 Å². The molecule has 2 aromatic heterocycles. The number of carbonyl (C=O) groups is 2. The summed E-state index contributed by atoms with van der Waals surface area (Å²) < 4.78 is 2.98. The molecule has 2 N–H and O–H groups in total. The fraction of sp³-hybridized carbons (Fsp3) is 0.292. The molecule has 0 saturated carbocycles. The van der Waals surface area contributed by atoms with E-state index in [4.69, 9.17) is 0 Å². The number of fused-ring (bicyclic) bond motifs is 1. The average molecular weight is 495 g/mol. The number of benzene rings is 2. The van der Waals surface area contributed by atoms with Gasteiger partial charge >= 0.3 is 0 Å². The first kappa shape index (κ1) is 23.9. The minimum absolute atomic E-state index is 0.0994. The molecule has 0 aliphatic carbocycles. The van der Waals surface area contributed by atoms with Crippen LogP contribution in [0, 0.1) is 5.92 Å². The zero-order chi connectivity index (χ0) is 24.1. The number of rotatable bonds is 9. The molecule has 8 nitrogen and oxygen atoms in total. The highest BCUT2D eigenvalue weighted by Gasteiger charge is 2.26. The minimum atomic E-state index is -0.314. The maximum atomic E-state index is 12.8. The van der Waals surface area contributed by atoms with Gasteiger partial charge in [-0.1, -0.05) is 67.3 Å². The maximum Gasteiger partial charge on any atom is 0.251 e. The Hall–Kier alpha value is -3.24. The van der Waals surface area contributed by atoms with Crippen molar-refractivity contribution >= 4 is 50.3 Å². The van der Waals surface area contributed by atoms with Crippen LogP contribution in [0.15, 0.2) is 59.8 Å². The first-order chi connectivity index (χ1) is 16.5. The molecule has 176 valence electrons. The Morgan fingerprint density at radius 2 is 1.79 bits per heavy atom. The van der Waals surface area contributed by atoms with Gasteiger partial charge < -0.3 is 15.2 Å². The predicted molar refractivity (Wildman–Crippen MR) is 136 cm³/mol. The summed E-state index contributed by atoms with van der Waals surface area (Å²) >= 11 is 2.76. The molecule has 0 spiro atoms. The van der Waals surface area contributed by atoms with E-state index in [0.717, 1.165) is 10.2 Å². The van der Waals surface area contributed by atoms with Crippen LogP contribution in [0.5, 0.6) is 0 Å². The highest BCUT2D eigenvalue weighted by atomic mass is 32.2. The molecular weight excluding hydrogens is 468 g/mol. The molecule has 0 bridgehead atoms. The Labute approximate surface area is 206 Å². The summed E-state index contributed by atoms with van der Waals surface area (Å²) in [6.07, 6.45) is 0. The van der Waals surface area contributed by atoms with E-state index in [9.17, 15) is 9.59 Å². The van der Waals surface area contributed by atoms with Crippen LogP contribution in [-0.4, -0.2) is 37.3 Å². The van der Waals surface area contributed by atoms with E-state index in [2.05, 4.69) is 25.8 Å². The standard InChI is InChI=1S/C24H26N6O2S2/c1-4-30-21(20(15(2)3)27-22(32)16-10-6-5-7-11-16)28-29-24(30)33-14-19(31)26-23-25-17-12-8-9-13-18(17)34-23/h5-13,15,20H,4,14H2,1-3H3,(H,27,32)(H,25,26,31)/t20-/m0/s1. The first-order valence-corrected chi connectivity index (χ1v) is 12.8. The van der Waals surface area contributed by atoms with E-state index in [0.29, 0.717) is 28.2 Å². The van der Waals surface area contributed by atoms with Crippen molar-refractivity contribution < 1.29 is 9.59 Å². The van der Waals surface area contributed by atoms with Gasteiger partial charge in [-0.2, -0.15) is 0 Å². The molecule has 0 fully saturated rings. The molecule has 4 rings (SSSR count). The predicted octanol–water partition coefficient (Wildman–Crippen LogP) is 4.77. The smallest absolute Gasteiger partial charge is 0.251 e. The zero-order valence-corrected chi connectivity index (χ0v) is 20.8. The summed E-state index contributed by atoms with van der Waals surface area (Å²) in [5.41, 5.74) is 1.46. The third-order valence-corrected chi connectivity index (χ3v) is 7.12. The van der Waals surface area contributed by atoms with Gasteiger partial charge in [0.2, 0.25) is 5.91 Å². The Morgan fingerprint density at radius 1 is 1.06 bits per heavy atom. The Morgan fingerprint density at radius 3 is 2.50 bits per heavy atom. The largest absolute Gasteiger partial charge is 0.342 e. The fourth-order valence-electron chi connectivity index (χ4n) is 3.49. The number of para-hydroxylation sites is 1. The van der Waals surface area contributed by atoms with Gasteiger partial charge in [0.15, 0.2) is 16.1 Å². The van der Waals surface area contributed by atoms with E-state index >= 15 is 0 Å². The Bertz CT molecular complexity index is 1250. The molecule has 34 heavy (non-hydrogen) atoms. The maximum absolute atomic E-state index is 12.8. The van der Waals surface area contributed by atoms with Crippen LogP contribution in [0.1, 0.15) is 43.0 Å². The summed E-state index contributed by atoms with van der Waals surface area (Å²) in [6, 6.07) is 16.6. The summed E-state index contributed by atoms with van der Waals surface area (Å²) in [7, 11) is 0. The summed E-state index contributed by atoms with van der Waals surface area (Å²) in [5.74, 6) is 0.637. The molecule has 0 saturated heterocycles. The molecule has 10 heteroatoms. The lowest BCUT2D eigenvalue weighted by Gasteiger charge is -2.22. The van der Waals surface area contributed by atoms with Crippen molar-refractivity contribution in [1.82, 2.24) is 25.1 Å². The number of thiazole rings is 1. The SMILES string of the molecule is CCn1c(SCC(=O)Nc2nc3ccccc3s2)nnc1[C@@H](NC(=O)c1ccccc1)C(C)C. The van der Waals surface area contributed by atoms with Gasteiger partial charge in [-0.05, 0) is 37.1 Å². The Balaban J connectivity index is 1.44. The molecule has 0 unspecified atom stereocenters. The van der Waals surface area contributed by atoms with Crippen LogP contribution in [0.3, 0.4) is 0 Å². The monoisotopic (exact) mass is 494 g/mol. The second-order valence-electron chi connectivity index (χ2n) is 7.97. The number of nitrogens with zero attached hydrogens (tertiary/aromatic N) is 4. The highest BCUT2D eigenvalue weighted by molar-refractivity contribution is 7.99. The molecule has 0 radical (unpaired) electrons. The fourth-order valence-corrected chi connectivity index (χ4v) is 5.18. The van der Waals surface area contributed by atoms with Crippen LogP contribution in [0.2, 0.25) is 0 Å². The normalized spacial score (nSPS) is 12.1. The molecule has 2 aromatic carbocycles. The number of hydrogen-bond acceptors (Lipinski definition) is 7. The minimum Gasteiger partial charge on any atom is -0.342 e. The van der Waals surface area contributed by atoms with E-state index < -0.39 is 0 Å². The van der Waals surface area contributed by atoms with Crippen LogP contribution in [0.25, 0.3) is 10.2 Å². The van der Waals surface area contributed by atoms with Crippen LogP contribution < -0.4 is 10.6 Å². The second kappa shape index (κ2) is 10.8. The topological polar surface area (TPSA) is 102 Å². The number of amides is 2. The molecule has 0 aliphatic heterocycles. The molecule has 1 atom stereocenters. The molecule has 0 aliphatic rings. The molecule has 4 aromatic rings. The number of carbonyl (C=O) groups excluding carboxylic acids is 2. The third-order valence-electron chi connectivity index (χ3n) is 5.20. The summed E-state index contributed by atoms with van der Waals surface area (Å²) in [5, 5.41) is 15.9. The summed E-state index contributed by atoms with van der Waals surface area (Å²) in [6.45, 7) is 6.68. The number of nitrogens with one attached hydrogen (secondary N) is 2. The van der Waals surface area contributed by atoms with Crippen molar-refractivity contribution in [2.24, 2.45) is 5.92 Å². The van der Waals surface area contributed by atoms with Gasteiger partial charge in [0.25, 0.3) is 5.91 Å². The van der Waals surface area contributed by atoms with Crippen molar-refractivity contribution in [2.75, 3.05) is 11.1 Å². The van der Waals surface area contributed by atoms with Gasteiger partial charge in [-0.25, -0.2) is 4.98 Å². The van der Waals surface area contributed by atoms with Crippen molar-refractivity contribution in [3.8, 4) is 0 Å². The van der Waals surface area contributed by atoms with Crippen LogP contribution >= 0.6 is 23.1 Å². The van der Waals surface area contributed by atoms with E-state index in [1.54, 1.807) is 12.1 Å². The van der Waals surface area contributed by atoms with Gasteiger partial charge in [0.1, 0.15) is 0 Å². The second-order valence-corrected chi connectivity index (χ2v) is 9.94. The number of hydrogen-bond donors (Lipinski definition) is 2. The van der Waals surface area contributed by atoms with Crippen molar-refractivity contribution in [3.63, 3.8) is 0 Å². The molecule has 2 amide bonds. The average Bonchev–Trinajstić information content (AvgIpc) is 3.44. The van der Waals surface area contributed by atoms with Gasteiger partial charge in [-0.15, -0.1) is 10.2 Å². The van der Waals surface area contributed by atoms with E-state index in [1.807, 2.05) is 67.8 Å². The lowest BCUT2D eigenvalue weighted by molar-refractivity contribution is -0.113. The van der Waals surface area contributed by atoms with Crippen LogP contribution in [-0.2, 0) is 11.3 Å². The quantitative estimate of drug-likeness (QED) is 0.325. The van der Waals surface area contributed by atoms with E-state index in [-0.39, 0.29) is 29.5 Å². The number of anilines is 1. The third kappa shape index (κ3) is 5.45. The number of thioether (sulfide) groups is 1. The highest BCUT2D eigenvalue weighted by Crippen LogP contribution is 2.27. The molecular formula is C24H26N6O2S2. The zero-order valence-electron chi connectivity index (χ0n) is 19.2. The van der Waals surface area contributed by atoms with Gasteiger partial charge in [0, 0.05) is 12.1 Å². The van der Waals surface area contributed by atoms with E-state index in [1.165, 1.54) is 23.1 Å². The van der Waals surface area contributed by atoms with Gasteiger partial charge in [0.05, 0.1) is 22.0 Å². The van der Waals surface area contributed by atoms with Crippen molar-refractivity contribution in [3.05, 3.63) is 66.0 Å². The first-order valence-electron chi connectivity index (χ1n) is 11.0. The van der Waals surface area contributed by atoms with Gasteiger partial charge in [-0.3, -0.25) is 9.59 Å².